The molecule has 4 aliphatic rings. The van der Waals surface area contributed by atoms with Gasteiger partial charge in [-0.25, -0.2) is 0 Å². The van der Waals surface area contributed by atoms with Gasteiger partial charge in [-0.1, -0.05) is 286 Å². The summed E-state index contributed by atoms with van der Waals surface area (Å²) in [6, 6.07) is 105. The molecule has 0 bridgehead atoms. The van der Waals surface area contributed by atoms with Crippen molar-refractivity contribution in [2.75, 3.05) is 9.80 Å². The summed E-state index contributed by atoms with van der Waals surface area (Å²) in [4.78, 5) is 4.89. The Bertz CT molecular complexity index is 5550. The van der Waals surface area contributed by atoms with E-state index >= 15 is 0 Å². The van der Waals surface area contributed by atoms with Gasteiger partial charge in [-0.3, -0.25) is 0 Å². The molecule has 0 amide bonds. The van der Waals surface area contributed by atoms with Crippen LogP contribution in [0.4, 0.5) is 34.1 Å². The molecule has 2 nitrogen and oxygen atoms in total. The smallest absolute Gasteiger partial charge is 0.0465 e. The molecule has 98 heavy (non-hydrogen) atoms. The first-order valence-electron chi connectivity index (χ1n) is 34.9. The number of hydrogen-bond donors (Lipinski definition) is 0. The van der Waals surface area contributed by atoms with Crippen LogP contribution in [0.3, 0.4) is 0 Å². The maximum Gasteiger partial charge on any atom is 0.0465 e. The third-order valence-corrected chi connectivity index (χ3v) is 23.2. The molecule has 15 aromatic rings. The highest BCUT2D eigenvalue weighted by Gasteiger charge is 2.41. The fourth-order valence-corrected chi connectivity index (χ4v) is 18.1. The number of benzene rings is 15. The molecule has 0 aromatic heterocycles. The molecule has 0 saturated carbocycles. The Kier molecular flexibility index (Phi) is 12.5. The quantitative estimate of drug-likeness (QED) is 0.0765. The third kappa shape index (κ3) is 8.46. The molecule has 0 atom stereocenters. The highest BCUT2D eigenvalue weighted by molar-refractivity contribution is 6.34. The first-order chi connectivity index (χ1) is 47.6. The number of nitrogens with zero attached hydrogens (tertiary/aromatic N) is 2. The minimum atomic E-state index is -0.221. The zero-order chi connectivity index (χ0) is 66.1. The zero-order valence-corrected chi connectivity index (χ0v) is 56.8. The number of fused-ring (bicyclic) bond motifs is 14. The van der Waals surface area contributed by atoms with Gasteiger partial charge in [0.25, 0.3) is 0 Å². The van der Waals surface area contributed by atoms with Crippen molar-refractivity contribution in [1.82, 2.24) is 0 Å². The van der Waals surface area contributed by atoms with E-state index in [9.17, 15) is 0 Å². The fraction of sp³-hybridized carbons (Fsp3) is 0.125. The molecule has 0 unspecified atom stereocenters. The molecule has 4 aliphatic carbocycles. The highest BCUT2D eigenvalue weighted by Crippen LogP contribution is 2.57. The second-order valence-corrected chi connectivity index (χ2v) is 30.0. The van der Waals surface area contributed by atoms with Gasteiger partial charge < -0.3 is 9.80 Å². The molecule has 2 heteroatoms. The molecule has 15 aromatic carbocycles. The summed E-state index contributed by atoms with van der Waals surface area (Å²) < 4.78 is 0. The lowest BCUT2D eigenvalue weighted by atomic mass is 9.81. The molecule has 0 heterocycles. The summed E-state index contributed by atoms with van der Waals surface area (Å²) in [5.74, 6) is 0. The molecule has 468 valence electrons. The standard InChI is InChI=1S/C96H74N2/c1-93(2)83-31-17-15-25-71(83)75-49-41-65(55-87(75)93)97(63-21-11-9-12-22-63)67-43-51-77-73-45-35-59(53-85(73)95(5,6)89(77)57-67)33-37-61-39-47-81-80-30-20-28-70-62(40-48-82(92(70)80)79-29-19-27-69(61)91(79)81)38-34-60-36-46-74-78-52-44-68(58-90(78)96(7,8)86(74)54-60)98(64-23-13-10-14-24-64)66-42-50-76-72-26-16-18-32-84(72)94(3,4)88(76)56-66/h9-58H,1-8H3/b37-33+,38-34+. The molecular weight excluding hydrogens is 1180 g/mol. The zero-order valence-electron chi connectivity index (χ0n) is 56.8. The summed E-state index contributed by atoms with van der Waals surface area (Å²) in [5, 5.41) is 10.3. The van der Waals surface area contributed by atoms with E-state index in [0.29, 0.717) is 0 Å². The van der Waals surface area contributed by atoms with Gasteiger partial charge in [0.05, 0.1) is 0 Å². The van der Waals surface area contributed by atoms with Crippen molar-refractivity contribution in [3.8, 4) is 44.5 Å². The lowest BCUT2D eigenvalue weighted by molar-refractivity contribution is 0.659. The van der Waals surface area contributed by atoms with Crippen molar-refractivity contribution < 1.29 is 0 Å². The van der Waals surface area contributed by atoms with E-state index in [1.807, 2.05) is 0 Å². The van der Waals surface area contributed by atoms with Crippen molar-refractivity contribution >= 4 is 102 Å². The molecule has 0 fully saturated rings. The van der Waals surface area contributed by atoms with Gasteiger partial charge in [0, 0.05) is 55.8 Å². The number of anilines is 6. The lowest BCUT2D eigenvalue weighted by Crippen LogP contribution is -2.18. The lowest BCUT2D eigenvalue weighted by Gasteiger charge is -2.29. The molecule has 0 spiro atoms. The van der Waals surface area contributed by atoms with Gasteiger partial charge >= 0.3 is 0 Å². The summed E-state index contributed by atoms with van der Waals surface area (Å²) in [6.45, 7) is 19.1. The monoisotopic (exact) mass is 1250 g/mol. The molecule has 0 radical (unpaired) electrons. The van der Waals surface area contributed by atoms with Crippen LogP contribution in [0.1, 0.15) is 122 Å². The Morgan fingerprint density at radius 3 is 0.857 bits per heavy atom. The van der Waals surface area contributed by atoms with Gasteiger partial charge in [-0.2, -0.15) is 0 Å². The van der Waals surface area contributed by atoms with Crippen LogP contribution in [0.5, 0.6) is 0 Å². The van der Waals surface area contributed by atoms with Crippen LogP contribution in [0.15, 0.2) is 279 Å². The van der Waals surface area contributed by atoms with Crippen molar-refractivity contribution in [3.05, 3.63) is 346 Å². The first-order valence-corrected chi connectivity index (χ1v) is 34.9. The van der Waals surface area contributed by atoms with Gasteiger partial charge in [0.1, 0.15) is 0 Å². The first kappa shape index (κ1) is 58.1. The number of para-hydroxylation sites is 2. The normalized spacial score (nSPS) is 15.2. The molecule has 19 rings (SSSR count). The number of rotatable bonds is 10. The van der Waals surface area contributed by atoms with Crippen LogP contribution >= 0.6 is 0 Å². The minimum absolute atomic E-state index is 0.1000. The summed E-state index contributed by atoms with van der Waals surface area (Å²) >= 11 is 0. The van der Waals surface area contributed by atoms with Gasteiger partial charge in [0.15, 0.2) is 0 Å². The second kappa shape index (κ2) is 21.1. The predicted octanol–water partition coefficient (Wildman–Crippen LogP) is 26.2. The summed E-state index contributed by atoms with van der Waals surface area (Å²) in [6.07, 6.45) is 9.31. The molecular formula is C96H74N2. The van der Waals surface area contributed by atoms with E-state index < -0.39 is 0 Å². The van der Waals surface area contributed by atoms with Crippen LogP contribution in [-0.2, 0) is 21.7 Å². The maximum absolute atomic E-state index is 2.45. The Morgan fingerprint density at radius 2 is 0.490 bits per heavy atom. The van der Waals surface area contributed by atoms with Crippen molar-refractivity contribution in [2.45, 2.75) is 77.0 Å². The van der Waals surface area contributed by atoms with E-state index in [1.165, 1.54) is 166 Å². The van der Waals surface area contributed by atoms with Crippen LogP contribution < -0.4 is 9.80 Å². The Hall–Kier alpha value is -11.3. The van der Waals surface area contributed by atoms with E-state index in [2.05, 4.69) is 369 Å². The third-order valence-electron chi connectivity index (χ3n) is 23.2. The van der Waals surface area contributed by atoms with Crippen molar-refractivity contribution in [3.63, 3.8) is 0 Å². The largest absolute Gasteiger partial charge is 0.310 e. The minimum Gasteiger partial charge on any atom is -0.310 e. The summed E-state index contributed by atoms with van der Waals surface area (Å²) in [7, 11) is 0. The highest BCUT2D eigenvalue weighted by atomic mass is 15.1. The number of hydrogen-bond acceptors (Lipinski definition) is 2. The van der Waals surface area contributed by atoms with E-state index in [0.717, 1.165) is 22.7 Å². The molecule has 0 aliphatic heterocycles. The molecule has 0 N–H and O–H groups in total. The average Bonchev–Trinajstić information content (AvgIpc) is 1.39. The van der Waals surface area contributed by atoms with Gasteiger partial charge in [0.2, 0.25) is 0 Å². The van der Waals surface area contributed by atoms with Crippen LogP contribution in [0.2, 0.25) is 0 Å². The van der Waals surface area contributed by atoms with Gasteiger partial charge in [-0.15, -0.1) is 0 Å². The second-order valence-electron chi connectivity index (χ2n) is 30.0. The summed E-state index contributed by atoms with van der Waals surface area (Å²) in [5.41, 5.74) is 32.7. The molecule has 0 saturated heterocycles. The fourth-order valence-electron chi connectivity index (χ4n) is 18.1. The van der Waals surface area contributed by atoms with Crippen LogP contribution in [-0.4, -0.2) is 0 Å². The van der Waals surface area contributed by atoms with Crippen LogP contribution in [0, 0.1) is 0 Å². The average molecular weight is 1260 g/mol. The Balaban J connectivity index is 0.608. The Morgan fingerprint density at radius 1 is 0.204 bits per heavy atom. The van der Waals surface area contributed by atoms with Crippen LogP contribution in [0.25, 0.3) is 112 Å². The topological polar surface area (TPSA) is 6.48 Å². The maximum atomic E-state index is 2.45. The van der Waals surface area contributed by atoms with Gasteiger partial charge in [-0.05, 0) is 227 Å². The van der Waals surface area contributed by atoms with E-state index in [4.69, 9.17) is 0 Å². The Labute approximate surface area is 575 Å². The van der Waals surface area contributed by atoms with Crippen molar-refractivity contribution in [1.29, 1.82) is 0 Å². The predicted molar refractivity (Wildman–Crippen MR) is 418 cm³/mol. The van der Waals surface area contributed by atoms with E-state index in [1.54, 1.807) is 0 Å². The van der Waals surface area contributed by atoms with Crippen molar-refractivity contribution in [2.24, 2.45) is 0 Å². The SMILES string of the molecule is CC1(C)c2ccccc2-c2ccc(N(c3ccccc3)c3ccc4c(c3)C(C)(C)c3cc(/C=C/c5ccc6c7cccc8c(/C=C/c9ccc%10c(c9)C(C)(C)c9cc(N(c%11ccccc%11)c%11ccc%12c(c%11)C(C)(C)c%11ccccc%11-%12)ccc9-%10)ccc(c9cccc5c96)c87)ccc3-4)cc21. The van der Waals surface area contributed by atoms with E-state index in [-0.39, 0.29) is 21.7 Å².